The average Bonchev–Trinajstić information content (AvgIpc) is 2.27. The maximum absolute atomic E-state index is 11.3. The van der Waals surface area contributed by atoms with Crippen molar-refractivity contribution in [2.24, 2.45) is 5.92 Å². The standard InChI is InChI=1S/C11H19NO2/c1-4-12-7-5-6-10(8-12)9(2)11(13)14-3/h10H,2,4-8H2,1,3H3. The van der Waals surface area contributed by atoms with Crippen molar-refractivity contribution >= 4 is 5.97 Å². The Morgan fingerprint density at radius 2 is 2.36 bits per heavy atom. The van der Waals surface area contributed by atoms with E-state index >= 15 is 0 Å². The van der Waals surface area contributed by atoms with Gasteiger partial charge in [0.05, 0.1) is 7.11 Å². The van der Waals surface area contributed by atoms with Crippen LogP contribution in [0.25, 0.3) is 0 Å². The third kappa shape index (κ3) is 2.58. The van der Waals surface area contributed by atoms with Crippen LogP contribution in [0, 0.1) is 5.92 Å². The first kappa shape index (κ1) is 11.2. The zero-order valence-corrected chi connectivity index (χ0v) is 9.08. The molecule has 0 aliphatic carbocycles. The molecule has 14 heavy (non-hydrogen) atoms. The van der Waals surface area contributed by atoms with E-state index in [1.54, 1.807) is 0 Å². The van der Waals surface area contributed by atoms with Crippen molar-refractivity contribution in [3.05, 3.63) is 12.2 Å². The van der Waals surface area contributed by atoms with E-state index in [9.17, 15) is 4.79 Å². The number of rotatable bonds is 3. The van der Waals surface area contributed by atoms with Gasteiger partial charge in [-0.05, 0) is 25.9 Å². The van der Waals surface area contributed by atoms with Crippen LogP contribution in [0.3, 0.4) is 0 Å². The minimum Gasteiger partial charge on any atom is -0.466 e. The fourth-order valence-electron chi connectivity index (χ4n) is 1.92. The van der Waals surface area contributed by atoms with Crippen molar-refractivity contribution in [3.63, 3.8) is 0 Å². The lowest BCUT2D eigenvalue weighted by Gasteiger charge is -2.32. The minimum absolute atomic E-state index is 0.257. The van der Waals surface area contributed by atoms with Crippen LogP contribution >= 0.6 is 0 Å². The lowest BCUT2D eigenvalue weighted by atomic mass is 9.91. The van der Waals surface area contributed by atoms with Gasteiger partial charge in [0.1, 0.15) is 0 Å². The number of hydrogen-bond acceptors (Lipinski definition) is 3. The summed E-state index contributed by atoms with van der Waals surface area (Å²) < 4.78 is 4.68. The predicted molar refractivity (Wildman–Crippen MR) is 56.0 cm³/mol. The smallest absolute Gasteiger partial charge is 0.333 e. The lowest BCUT2D eigenvalue weighted by Crippen LogP contribution is -2.37. The average molecular weight is 197 g/mol. The van der Waals surface area contributed by atoms with Gasteiger partial charge in [0, 0.05) is 18.0 Å². The molecule has 1 atom stereocenters. The summed E-state index contributed by atoms with van der Waals surface area (Å²) in [4.78, 5) is 13.6. The fraction of sp³-hybridized carbons (Fsp3) is 0.727. The molecule has 0 aromatic heterocycles. The third-order valence-corrected chi connectivity index (χ3v) is 2.89. The molecule has 0 saturated carbocycles. The fourth-order valence-corrected chi connectivity index (χ4v) is 1.92. The van der Waals surface area contributed by atoms with E-state index in [0.29, 0.717) is 5.57 Å². The first-order valence-electron chi connectivity index (χ1n) is 5.18. The predicted octanol–water partition coefficient (Wildman–Crippen LogP) is 1.45. The van der Waals surface area contributed by atoms with Crippen LogP contribution in [0.15, 0.2) is 12.2 Å². The first-order chi connectivity index (χ1) is 6.69. The molecule has 1 fully saturated rings. The highest BCUT2D eigenvalue weighted by Crippen LogP contribution is 2.22. The Labute approximate surface area is 85.7 Å². The molecule has 0 bridgehead atoms. The van der Waals surface area contributed by atoms with Gasteiger partial charge in [-0.1, -0.05) is 13.5 Å². The Kier molecular flexibility index (Phi) is 4.14. The second-order valence-corrected chi connectivity index (χ2v) is 3.75. The number of nitrogens with zero attached hydrogens (tertiary/aromatic N) is 1. The van der Waals surface area contributed by atoms with Crippen LogP contribution in [0.4, 0.5) is 0 Å². The van der Waals surface area contributed by atoms with E-state index < -0.39 is 0 Å². The van der Waals surface area contributed by atoms with Crippen molar-refractivity contribution < 1.29 is 9.53 Å². The van der Waals surface area contributed by atoms with Crippen LogP contribution in [0.1, 0.15) is 19.8 Å². The first-order valence-corrected chi connectivity index (χ1v) is 5.18. The Balaban J connectivity index is 2.51. The molecule has 0 aromatic carbocycles. The van der Waals surface area contributed by atoms with E-state index in [1.807, 2.05) is 0 Å². The van der Waals surface area contributed by atoms with Crippen molar-refractivity contribution in [2.45, 2.75) is 19.8 Å². The number of hydrogen-bond donors (Lipinski definition) is 0. The largest absolute Gasteiger partial charge is 0.466 e. The Hall–Kier alpha value is -0.830. The molecule has 0 N–H and O–H groups in total. The summed E-state index contributed by atoms with van der Waals surface area (Å²) in [5.74, 6) is 0.0316. The van der Waals surface area contributed by atoms with Gasteiger partial charge in [-0.25, -0.2) is 4.79 Å². The zero-order chi connectivity index (χ0) is 10.6. The number of ether oxygens (including phenoxy) is 1. The van der Waals surface area contributed by atoms with Crippen molar-refractivity contribution in [3.8, 4) is 0 Å². The molecule has 3 heteroatoms. The van der Waals surface area contributed by atoms with E-state index in [0.717, 1.165) is 32.5 Å². The molecule has 1 rings (SSSR count). The van der Waals surface area contributed by atoms with Gasteiger partial charge >= 0.3 is 5.97 Å². The summed E-state index contributed by atoms with van der Waals surface area (Å²) in [6.45, 7) is 9.09. The summed E-state index contributed by atoms with van der Waals surface area (Å²) in [7, 11) is 1.41. The van der Waals surface area contributed by atoms with Crippen LogP contribution in [-0.4, -0.2) is 37.6 Å². The molecule has 0 amide bonds. The van der Waals surface area contributed by atoms with E-state index in [4.69, 9.17) is 0 Å². The quantitative estimate of drug-likeness (QED) is 0.506. The van der Waals surface area contributed by atoms with Crippen LogP contribution in [0.2, 0.25) is 0 Å². The molecule has 3 nitrogen and oxygen atoms in total. The van der Waals surface area contributed by atoms with E-state index in [2.05, 4.69) is 23.1 Å². The number of methoxy groups -OCH3 is 1. The monoisotopic (exact) mass is 197 g/mol. The highest BCUT2D eigenvalue weighted by Gasteiger charge is 2.24. The van der Waals surface area contributed by atoms with Gasteiger partial charge in [-0.2, -0.15) is 0 Å². The molecule has 0 aromatic rings. The Morgan fingerprint density at radius 1 is 1.64 bits per heavy atom. The van der Waals surface area contributed by atoms with Gasteiger partial charge in [-0.3, -0.25) is 0 Å². The molecule has 1 aliphatic rings. The second kappa shape index (κ2) is 5.15. The molecule has 1 heterocycles. The molecule has 80 valence electrons. The topological polar surface area (TPSA) is 29.5 Å². The van der Waals surface area contributed by atoms with Gasteiger partial charge in [0.25, 0.3) is 0 Å². The van der Waals surface area contributed by atoms with Crippen molar-refractivity contribution in [2.75, 3.05) is 26.7 Å². The normalized spacial score (nSPS) is 23.1. The van der Waals surface area contributed by atoms with E-state index in [-0.39, 0.29) is 11.9 Å². The second-order valence-electron chi connectivity index (χ2n) is 3.75. The molecule has 1 saturated heterocycles. The van der Waals surface area contributed by atoms with Gasteiger partial charge in [0.15, 0.2) is 0 Å². The van der Waals surface area contributed by atoms with Crippen LogP contribution in [0.5, 0.6) is 0 Å². The number of esters is 1. The third-order valence-electron chi connectivity index (χ3n) is 2.89. The maximum atomic E-state index is 11.3. The van der Waals surface area contributed by atoms with Gasteiger partial charge in [-0.15, -0.1) is 0 Å². The SMILES string of the molecule is C=C(C(=O)OC)C1CCCN(CC)C1. The molecule has 0 radical (unpaired) electrons. The molecule has 1 unspecified atom stereocenters. The number of carbonyl (C=O) groups excluding carboxylic acids is 1. The number of likely N-dealkylation sites (tertiary alicyclic amines) is 1. The number of piperidine rings is 1. The summed E-state index contributed by atoms with van der Waals surface area (Å²) in [5.41, 5.74) is 0.630. The summed E-state index contributed by atoms with van der Waals surface area (Å²) in [6, 6.07) is 0. The number of carbonyl (C=O) groups is 1. The van der Waals surface area contributed by atoms with Gasteiger partial charge in [0.2, 0.25) is 0 Å². The Morgan fingerprint density at radius 3 is 2.93 bits per heavy atom. The summed E-state index contributed by atoms with van der Waals surface area (Å²) >= 11 is 0. The van der Waals surface area contributed by atoms with Crippen LogP contribution in [-0.2, 0) is 9.53 Å². The summed E-state index contributed by atoms with van der Waals surface area (Å²) in [5, 5.41) is 0. The maximum Gasteiger partial charge on any atom is 0.333 e. The van der Waals surface area contributed by atoms with Crippen LogP contribution < -0.4 is 0 Å². The highest BCUT2D eigenvalue weighted by atomic mass is 16.5. The molecular weight excluding hydrogens is 178 g/mol. The highest BCUT2D eigenvalue weighted by molar-refractivity contribution is 5.88. The minimum atomic E-state index is -0.257. The summed E-state index contributed by atoms with van der Waals surface area (Å²) in [6.07, 6.45) is 2.21. The lowest BCUT2D eigenvalue weighted by molar-refractivity contribution is -0.136. The van der Waals surface area contributed by atoms with Crippen molar-refractivity contribution in [1.29, 1.82) is 0 Å². The zero-order valence-electron chi connectivity index (χ0n) is 9.08. The molecule has 1 aliphatic heterocycles. The molecular formula is C11H19NO2. The Bertz CT molecular complexity index is 225. The van der Waals surface area contributed by atoms with Gasteiger partial charge < -0.3 is 9.64 Å². The van der Waals surface area contributed by atoms with E-state index in [1.165, 1.54) is 7.11 Å². The van der Waals surface area contributed by atoms with Crippen molar-refractivity contribution in [1.82, 2.24) is 4.90 Å². The molecule has 0 spiro atoms.